The standard InChI is InChI=1S/C23H30FN7O2/c1-3-32-10-9-31-21-20(19(29-31)14-33-4-2)27-23(30-13-17-11-18(30)12-25-17)28-22(21)26-16-7-5-15(24)6-8-16/h5-8,17-18,25H,3-4,9-14H2,1-2H3,(H,26,27,28)/t17-,18-/m0/s1. The maximum atomic E-state index is 13.5. The van der Waals surface area contributed by atoms with E-state index in [1.165, 1.54) is 12.1 Å². The van der Waals surface area contributed by atoms with E-state index in [-0.39, 0.29) is 5.82 Å². The van der Waals surface area contributed by atoms with Gasteiger partial charge in [0.1, 0.15) is 22.5 Å². The van der Waals surface area contributed by atoms with Crippen molar-refractivity contribution >= 4 is 28.5 Å². The predicted octanol–water partition coefficient (Wildman–Crippen LogP) is 2.83. The number of ether oxygens (including phenoxy) is 2. The van der Waals surface area contributed by atoms with E-state index < -0.39 is 0 Å². The van der Waals surface area contributed by atoms with E-state index in [2.05, 4.69) is 15.5 Å². The monoisotopic (exact) mass is 455 g/mol. The quantitative estimate of drug-likeness (QED) is 0.451. The highest BCUT2D eigenvalue weighted by atomic mass is 19.1. The first kappa shape index (κ1) is 22.0. The van der Waals surface area contributed by atoms with Crippen LogP contribution < -0.4 is 15.5 Å². The summed E-state index contributed by atoms with van der Waals surface area (Å²) in [5.41, 5.74) is 3.08. The van der Waals surface area contributed by atoms with Crippen molar-refractivity contribution in [2.24, 2.45) is 0 Å². The summed E-state index contributed by atoms with van der Waals surface area (Å²) in [5, 5.41) is 11.7. The van der Waals surface area contributed by atoms with Crippen molar-refractivity contribution in [3.05, 3.63) is 35.8 Å². The van der Waals surface area contributed by atoms with Gasteiger partial charge in [0.25, 0.3) is 0 Å². The molecule has 10 heteroatoms. The summed E-state index contributed by atoms with van der Waals surface area (Å²) in [5.74, 6) is 1.04. The first-order chi connectivity index (χ1) is 16.2. The summed E-state index contributed by atoms with van der Waals surface area (Å²) < 4.78 is 26.6. The van der Waals surface area contributed by atoms with Crippen LogP contribution in [-0.2, 0) is 22.6 Å². The van der Waals surface area contributed by atoms with Crippen LogP contribution in [0.4, 0.5) is 21.8 Å². The van der Waals surface area contributed by atoms with E-state index in [0.29, 0.717) is 56.8 Å². The summed E-state index contributed by atoms with van der Waals surface area (Å²) in [6.07, 6.45) is 1.10. The number of hydrogen-bond donors (Lipinski definition) is 2. The third-order valence-electron chi connectivity index (χ3n) is 6.16. The number of aromatic nitrogens is 4. The van der Waals surface area contributed by atoms with Gasteiger partial charge in [0, 0.05) is 44.1 Å². The third-order valence-corrected chi connectivity index (χ3v) is 6.16. The second kappa shape index (κ2) is 9.58. The van der Waals surface area contributed by atoms with Gasteiger partial charge >= 0.3 is 0 Å². The van der Waals surface area contributed by atoms with Crippen LogP contribution in [0.5, 0.6) is 0 Å². The van der Waals surface area contributed by atoms with E-state index in [1.807, 2.05) is 18.5 Å². The van der Waals surface area contributed by atoms with Gasteiger partial charge < -0.3 is 25.0 Å². The molecule has 2 atom stereocenters. The molecule has 33 heavy (non-hydrogen) atoms. The molecule has 2 N–H and O–H groups in total. The number of anilines is 3. The molecule has 0 amide bonds. The third kappa shape index (κ3) is 4.50. The van der Waals surface area contributed by atoms with Crippen molar-refractivity contribution in [1.82, 2.24) is 25.1 Å². The van der Waals surface area contributed by atoms with E-state index in [0.717, 1.165) is 41.9 Å². The number of benzene rings is 1. The van der Waals surface area contributed by atoms with Crippen molar-refractivity contribution in [3.8, 4) is 0 Å². The lowest BCUT2D eigenvalue weighted by atomic mass is 10.2. The minimum Gasteiger partial charge on any atom is -0.380 e. The molecule has 2 bridgehead atoms. The predicted molar refractivity (Wildman–Crippen MR) is 124 cm³/mol. The summed E-state index contributed by atoms with van der Waals surface area (Å²) in [7, 11) is 0. The zero-order valence-electron chi connectivity index (χ0n) is 19.1. The number of hydrogen-bond acceptors (Lipinski definition) is 8. The normalized spacial score (nSPS) is 19.7. The first-order valence-corrected chi connectivity index (χ1v) is 11.6. The van der Waals surface area contributed by atoms with Gasteiger partial charge in [-0.15, -0.1) is 0 Å². The highest BCUT2D eigenvalue weighted by Gasteiger charge is 2.39. The molecule has 2 fully saturated rings. The molecule has 4 heterocycles. The van der Waals surface area contributed by atoms with Crippen molar-refractivity contribution in [3.63, 3.8) is 0 Å². The number of halogens is 1. The van der Waals surface area contributed by atoms with Crippen LogP contribution in [0.25, 0.3) is 11.0 Å². The molecule has 2 aromatic heterocycles. The van der Waals surface area contributed by atoms with Gasteiger partial charge in [0.15, 0.2) is 5.82 Å². The van der Waals surface area contributed by atoms with Crippen LogP contribution in [0.2, 0.25) is 0 Å². The Bertz CT molecular complexity index is 1100. The fraction of sp³-hybridized carbons (Fsp3) is 0.522. The molecular formula is C23H30FN7O2. The van der Waals surface area contributed by atoms with Crippen LogP contribution in [-0.4, -0.2) is 64.7 Å². The topological polar surface area (TPSA) is 89.4 Å². The molecule has 176 valence electrons. The molecule has 3 aromatic rings. The van der Waals surface area contributed by atoms with Crippen LogP contribution in [0, 0.1) is 5.82 Å². The van der Waals surface area contributed by atoms with Crippen LogP contribution >= 0.6 is 0 Å². The Balaban J connectivity index is 1.60. The maximum Gasteiger partial charge on any atom is 0.228 e. The van der Waals surface area contributed by atoms with Gasteiger partial charge in [-0.2, -0.15) is 10.1 Å². The Hall–Kier alpha value is -2.82. The molecule has 1 aromatic carbocycles. The van der Waals surface area contributed by atoms with Crippen molar-refractivity contribution < 1.29 is 13.9 Å². The van der Waals surface area contributed by atoms with Gasteiger partial charge in [0.05, 0.1) is 19.8 Å². The Kier molecular flexibility index (Phi) is 6.39. The lowest BCUT2D eigenvalue weighted by molar-refractivity contribution is 0.128. The Morgan fingerprint density at radius 1 is 1.15 bits per heavy atom. The van der Waals surface area contributed by atoms with Crippen molar-refractivity contribution in [2.75, 3.05) is 43.1 Å². The van der Waals surface area contributed by atoms with Gasteiger partial charge in [0.2, 0.25) is 5.95 Å². The number of piperazine rings is 1. The highest BCUT2D eigenvalue weighted by molar-refractivity contribution is 5.90. The fourth-order valence-electron chi connectivity index (χ4n) is 4.58. The fourth-order valence-corrected chi connectivity index (χ4v) is 4.58. The Morgan fingerprint density at radius 3 is 2.67 bits per heavy atom. The molecule has 0 radical (unpaired) electrons. The van der Waals surface area contributed by atoms with E-state index >= 15 is 0 Å². The van der Waals surface area contributed by atoms with Gasteiger partial charge in [-0.1, -0.05) is 0 Å². The van der Waals surface area contributed by atoms with Crippen molar-refractivity contribution in [2.45, 2.75) is 45.5 Å². The number of fused-ring (bicyclic) bond motifs is 3. The summed E-state index contributed by atoms with van der Waals surface area (Å²) in [4.78, 5) is 12.2. The first-order valence-electron chi connectivity index (χ1n) is 11.6. The smallest absolute Gasteiger partial charge is 0.228 e. The number of nitrogens with zero attached hydrogens (tertiary/aromatic N) is 5. The molecule has 2 saturated heterocycles. The van der Waals surface area contributed by atoms with Gasteiger partial charge in [-0.05, 0) is 44.5 Å². The minimum atomic E-state index is -0.282. The molecular weight excluding hydrogens is 425 g/mol. The van der Waals surface area contributed by atoms with E-state index in [9.17, 15) is 4.39 Å². The molecule has 0 saturated carbocycles. The zero-order chi connectivity index (χ0) is 22.8. The average Bonchev–Trinajstić information content (AvgIpc) is 3.54. The summed E-state index contributed by atoms with van der Waals surface area (Å²) >= 11 is 0. The zero-order valence-corrected chi connectivity index (χ0v) is 19.1. The molecule has 9 nitrogen and oxygen atoms in total. The molecule has 2 aliphatic heterocycles. The summed E-state index contributed by atoms with van der Waals surface area (Å²) in [6.45, 7) is 8.44. The maximum absolute atomic E-state index is 13.5. The van der Waals surface area contributed by atoms with Gasteiger partial charge in [-0.25, -0.2) is 9.37 Å². The van der Waals surface area contributed by atoms with Crippen LogP contribution in [0.15, 0.2) is 24.3 Å². The molecule has 0 aliphatic carbocycles. The van der Waals surface area contributed by atoms with E-state index in [4.69, 9.17) is 24.5 Å². The van der Waals surface area contributed by atoms with Crippen molar-refractivity contribution in [1.29, 1.82) is 0 Å². The summed E-state index contributed by atoms with van der Waals surface area (Å²) in [6, 6.07) is 7.12. The lowest BCUT2D eigenvalue weighted by Crippen LogP contribution is -2.44. The largest absolute Gasteiger partial charge is 0.380 e. The van der Waals surface area contributed by atoms with Crippen LogP contribution in [0.1, 0.15) is 26.0 Å². The molecule has 5 rings (SSSR count). The number of nitrogens with one attached hydrogen (secondary N) is 2. The minimum absolute atomic E-state index is 0.282. The van der Waals surface area contributed by atoms with Crippen LogP contribution in [0.3, 0.4) is 0 Å². The highest BCUT2D eigenvalue weighted by Crippen LogP contribution is 2.33. The lowest BCUT2D eigenvalue weighted by Gasteiger charge is -2.27. The second-order valence-electron chi connectivity index (χ2n) is 8.35. The average molecular weight is 456 g/mol. The van der Waals surface area contributed by atoms with Gasteiger partial charge in [-0.3, -0.25) is 4.68 Å². The second-order valence-corrected chi connectivity index (χ2v) is 8.35. The van der Waals surface area contributed by atoms with E-state index in [1.54, 1.807) is 12.1 Å². The molecule has 0 spiro atoms. The SMILES string of the molecule is CCOCCn1nc(COCC)c2nc(N3C[C@@H]4C[C@H]3CN4)nc(Nc3ccc(F)cc3)c21. The Morgan fingerprint density at radius 2 is 1.97 bits per heavy atom. The molecule has 2 aliphatic rings. The number of rotatable bonds is 10. The molecule has 0 unspecified atom stereocenters. The Labute approximate surface area is 192 Å².